The lowest BCUT2D eigenvalue weighted by molar-refractivity contribution is 0.409. The van der Waals surface area contributed by atoms with E-state index in [1.54, 1.807) is 7.11 Å². The molecule has 0 fully saturated rings. The summed E-state index contributed by atoms with van der Waals surface area (Å²) in [5, 5.41) is 0. The topological polar surface area (TPSA) is 35.2 Å². The van der Waals surface area contributed by atoms with Crippen LogP contribution >= 0.6 is 28.3 Å². The van der Waals surface area contributed by atoms with E-state index in [0.29, 0.717) is 6.54 Å². The molecule has 0 spiro atoms. The fraction of sp³-hybridized carbons (Fsp3) is 0.250. The summed E-state index contributed by atoms with van der Waals surface area (Å²) in [5.41, 5.74) is 6.51. The van der Waals surface area contributed by atoms with E-state index in [2.05, 4.69) is 15.9 Å². The minimum absolute atomic E-state index is 0. The van der Waals surface area contributed by atoms with E-state index in [0.717, 1.165) is 15.8 Å². The summed E-state index contributed by atoms with van der Waals surface area (Å²) in [4.78, 5) is 0. The van der Waals surface area contributed by atoms with Crippen molar-refractivity contribution in [3.05, 3.63) is 28.2 Å². The summed E-state index contributed by atoms with van der Waals surface area (Å²) in [6.45, 7) is 0.503. The van der Waals surface area contributed by atoms with Gasteiger partial charge in [0.2, 0.25) is 0 Å². The third kappa shape index (κ3) is 2.66. The first-order valence-corrected chi connectivity index (χ1v) is 4.09. The van der Waals surface area contributed by atoms with Gasteiger partial charge in [-0.05, 0) is 18.2 Å². The summed E-state index contributed by atoms with van der Waals surface area (Å²) >= 11 is 3.36. The molecule has 2 nitrogen and oxygen atoms in total. The summed E-state index contributed by atoms with van der Waals surface area (Å²) in [5.74, 6) is 0.843. The smallest absolute Gasteiger partial charge is 0.123 e. The van der Waals surface area contributed by atoms with Crippen LogP contribution in [0.5, 0.6) is 5.75 Å². The third-order valence-electron chi connectivity index (χ3n) is 1.46. The molecule has 1 rings (SSSR count). The Morgan fingerprint density at radius 2 is 2.17 bits per heavy atom. The summed E-state index contributed by atoms with van der Waals surface area (Å²) in [7, 11) is 1.64. The van der Waals surface area contributed by atoms with Crippen molar-refractivity contribution in [3.63, 3.8) is 0 Å². The summed E-state index contributed by atoms with van der Waals surface area (Å²) in [6, 6.07) is 5.78. The first kappa shape index (κ1) is 11.8. The van der Waals surface area contributed by atoms with Crippen molar-refractivity contribution in [1.82, 2.24) is 0 Å². The SMILES string of the molecule is COc1ccc(Br)cc1CN.Cl. The van der Waals surface area contributed by atoms with Crippen LogP contribution in [0.1, 0.15) is 5.56 Å². The monoisotopic (exact) mass is 251 g/mol. The Hall–Kier alpha value is -0.250. The van der Waals surface area contributed by atoms with Gasteiger partial charge in [0.1, 0.15) is 5.75 Å². The number of benzene rings is 1. The fourth-order valence-electron chi connectivity index (χ4n) is 0.907. The van der Waals surface area contributed by atoms with Crippen LogP contribution in [0.25, 0.3) is 0 Å². The zero-order valence-electron chi connectivity index (χ0n) is 6.71. The number of methoxy groups -OCH3 is 1. The van der Waals surface area contributed by atoms with Crippen LogP contribution in [-0.4, -0.2) is 7.11 Å². The van der Waals surface area contributed by atoms with Gasteiger partial charge in [0.25, 0.3) is 0 Å². The van der Waals surface area contributed by atoms with E-state index in [1.165, 1.54) is 0 Å². The second-order valence-corrected chi connectivity index (χ2v) is 3.08. The van der Waals surface area contributed by atoms with Gasteiger partial charge in [0, 0.05) is 16.6 Å². The Morgan fingerprint density at radius 3 is 2.67 bits per heavy atom. The van der Waals surface area contributed by atoms with Crippen LogP contribution in [0.3, 0.4) is 0 Å². The largest absolute Gasteiger partial charge is 0.496 e. The molecule has 12 heavy (non-hydrogen) atoms. The highest BCUT2D eigenvalue weighted by molar-refractivity contribution is 9.10. The van der Waals surface area contributed by atoms with Gasteiger partial charge in [-0.15, -0.1) is 12.4 Å². The second-order valence-electron chi connectivity index (χ2n) is 2.16. The first-order valence-electron chi connectivity index (χ1n) is 3.30. The molecule has 1 aromatic carbocycles. The molecule has 0 radical (unpaired) electrons. The number of hydrogen-bond acceptors (Lipinski definition) is 2. The molecule has 2 N–H and O–H groups in total. The predicted octanol–water partition coefficient (Wildman–Crippen LogP) is 2.34. The van der Waals surface area contributed by atoms with Gasteiger partial charge < -0.3 is 10.5 Å². The zero-order valence-corrected chi connectivity index (χ0v) is 9.11. The lowest BCUT2D eigenvalue weighted by Crippen LogP contribution is -1.99. The number of ether oxygens (including phenoxy) is 1. The van der Waals surface area contributed by atoms with Gasteiger partial charge in [-0.1, -0.05) is 15.9 Å². The second kappa shape index (κ2) is 5.41. The van der Waals surface area contributed by atoms with Crippen molar-refractivity contribution >= 4 is 28.3 Å². The Balaban J connectivity index is 0.00000121. The molecule has 0 bridgehead atoms. The van der Waals surface area contributed by atoms with Gasteiger partial charge in [-0.2, -0.15) is 0 Å². The van der Waals surface area contributed by atoms with Crippen LogP contribution in [0.4, 0.5) is 0 Å². The van der Waals surface area contributed by atoms with E-state index >= 15 is 0 Å². The molecule has 0 saturated heterocycles. The highest BCUT2D eigenvalue weighted by atomic mass is 79.9. The molecule has 0 saturated carbocycles. The quantitative estimate of drug-likeness (QED) is 0.877. The van der Waals surface area contributed by atoms with Crippen molar-refractivity contribution in [2.75, 3.05) is 7.11 Å². The molecule has 4 heteroatoms. The van der Waals surface area contributed by atoms with Crippen LogP contribution in [0, 0.1) is 0 Å². The predicted molar refractivity (Wildman–Crippen MR) is 55.8 cm³/mol. The van der Waals surface area contributed by atoms with Gasteiger partial charge in [0.15, 0.2) is 0 Å². The van der Waals surface area contributed by atoms with E-state index in [9.17, 15) is 0 Å². The maximum absolute atomic E-state index is 5.49. The number of nitrogens with two attached hydrogens (primary N) is 1. The minimum atomic E-state index is 0. The number of rotatable bonds is 2. The van der Waals surface area contributed by atoms with Crippen molar-refractivity contribution in [3.8, 4) is 5.75 Å². The Labute approximate surface area is 86.6 Å². The lowest BCUT2D eigenvalue weighted by atomic mass is 10.2. The van der Waals surface area contributed by atoms with Gasteiger partial charge in [0.05, 0.1) is 7.11 Å². The van der Waals surface area contributed by atoms with Crippen LogP contribution < -0.4 is 10.5 Å². The average Bonchev–Trinajstić information content (AvgIpc) is 2.04. The van der Waals surface area contributed by atoms with Crippen LogP contribution in [0.15, 0.2) is 22.7 Å². The zero-order chi connectivity index (χ0) is 8.27. The van der Waals surface area contributed by atoms with Crippen LogP contribution in [0.2, 0.25) is 0 Å². The third-order valence-corrected chi connectivity index (χ3v) is 1.96. The first-order chi connectivity index (χ1) is 5.27. The summed E-state index contributed by atoms with van der Waals surface area (Å²) in [6.07, 6.45) is 0. The molecular formula is C8H11BrClNO. The Bertz CT molecular complexity index is 255. The standard InChI is InChI=1S/C8H10BrNO.ClH/c1-11-8-3-2-7(9)4-6(8)5-10;/h2-4H,5,10H2,1H3;1H. The van der Waals surface area contributed by atoms with Crippen LogP contribution in [-0.2, 0) is 6.54 Å². The van der Waals surface area contributed by atoms with E-state index in [-0.39, 0.29) is 12.4 Å². The van der Waals surface area contributed by atoms with Gasteiger partial charge in [-0.25, -0.2) is 0 Å². The Kier molecular flexibility index (Phi) is 5.29. The van der Waals surface area contributed by atoms with E-state index in [4.69, 9.17) is 10.5 Å². The molecule has 0 aliphatic carbocycles. The highest BCUT2D eigenvalue weighted by Gasteiger charge is 1.99. The fourth-order valence-corrected chi connectivity index (χ4v) is 1.32. The van der Waals surface area contributed by atoms with Crippen molar-refractivity contribution in [2.45, 2.75) is 6.54 Å². The normalized spacial score (nSPS) is 8.92. The number of halogens is 2. The maximum Gasteiger partial charge on any atom is 0.123 e. The van der Waals surface area contributed by atoms with Crippen molar-refractivity contribution in [2.24, 2.45) is 5.73 Å². The number of hydrogen-bond donors (Lipinski definition) is 1. The lowest BCUT2D eigenvalue weighted by Gasteiger charge is -2.05. The van der Waals surface area contributed by atoms with Crippen molar-refractivity contribution < 1.29 is 4.74 Å². The van der Waals surface area contributed by atoms with Crippen molar-refractivity contribution in [1.29, 1.82) is 0 Å². The molecular weight excluding hydrogens is 241 g/mol. The van der Waals surface area contributed by atoms with Gasteiger partial charge >= 0.3 is 0 Å². The molecule has 0 unspecified atom stereocenters. The molecule has 0 aromatic heterocycles. The van der Waals surface area contributed by atoms with Gasteiger partial charge in [-0.3, -0.25) is 0 Å². The maximum atomic E-state index is 5.49. The molecule has 0 aliphatic rings. The molecule has 68 valence electrons. The Morgan fingerprint density at radius 1 is 1.50 bits per heavy atom. The van der Waals surface area contributed by atoms with E-state index < -0.39 is 0 Å². The minimum Gasteiger partial charge on any atom is -0.496 e. The molecule has 0 heterocycles. The molecule has 0 amide bonds. The van der Waals surface area contributed by atoms with E-state index in [1.807, 2.05) is 18.2 Å². The average molecular weight is 253 g/mol. The molecule has 0 atom stereocenters. The molecule has 1 aromatic rings. The molecule has 0 aliphatic heterocycles. The highest BCUT2D eigenvalue weighted by Crippen LogP contribution is 2.21. The summed E-state index contributed by atoms with van der Waals surface area (Å²) < 4.78 is 6.12.